The SMILES string of the molecule is c1ccc(-c2cccc(N(c3cc4ccccc4cc3-c3cccc(-c4ccc5ccccc5c4)c3)c3cccc4c3c3ccccc3n4-c3ccccc3)c2)cc1. The van der Waals surface area contributed by atoms with Crippen LogP contribution in [0, 0.1) is 0 Å². The molecule has 0 fully saturated rings. The molecular weight excluding hydrogens is 701 g/mol. The van der Waals surface area contributed by atoms with Crippen LogP contribution < -0.4 is 4.90 Å². The van der Waals surface area contributed by atoms with Crippen molar-refractivity contribution in [3.05, 3.63) is 231 Å². The zero-order valence-corrected chi connectivity index (χ0v) is 31.8. The number of hydrogen-bond acceptors (Lipinski definition) is 1. The van der Waals surface area contributed by atoms with E-state index in [1.54, 1.807) is 0 Å². The maximum absolute atomic E-state index is 2.50. The first-order valence-corrected chi connectivity index (χ1v) is 19.9. The van der Waals surface area contributed by atoms with Crippen molar-refractivity contribution in [2.75, 3.05) is 4.90 Å². The molecule has 0 spiro atoms. The number of para-hydroxylation sites is 2. The summed E-state index contributed by atoms with van der Waals surface area (Å²) in [5, 5.41) is 7.29. The molecular formula is C56H38N2. The molecule has 0 aliphatic heterocycles. The summed E-state index contributed by atoms with van der Waals surface area (Å²) in [6.45, 7) is 0. The van der Waals surface area contributed by atoms with Gasteiger partial charge in [0.1, 0.15) is 0 Å². The summed E-state index contributed by atoms with van der Waals surface area (Å²) in [4.78, 5) is 2.50. The van der Waals surface area contributed by atoms with Gasteiger partial charge in [0.2, 0.25) is 0 Å². The van der Waals surface area contributed by atoms with E-state index in [1.165, 1.54) is 60.1 Å². The fourth-order valence-corrected chi connectivity index (χ4v) is 8.78. The number of aromatic nitrogens is 1. The van der Waals surface area contributed by atoms with E-state index < -0.39 is 0 Å². The number of fused-ring (bicyclic) bond motifs is 5. The third-order valence-electron chi connectivity index (χ3n) is 11.5. The minimum atomic E-state index is 1.09. The van der Waals surface area contributed by atoms with Crippen LogP contribution in [0.15, 0.2) is 231 Å². The van der Waals surface area contributed by atoms with Gasteiger partial charge in [0, 0.05) is 27.7 Å². The van der Waals surface area contributed by atoms with E-state index in [2.05, 4.69) is 240 Å². The Bertz CT molecular complexity index is 3290. The molecule has 0 saturated carbocycles. The molecule has 11 aromatic rings. The predicted molar refractivity (Wildman–Crippen MR) is 247 cm³/mol. The van der Waals surface area contributed by atoms with Gasteiger partial charge in [-0.3, -0.25) is 0 Å². The molecule has 11 rings (SSSR count). The molecule has 0 bridgehead atoms. The molecule has 2 nitrogen and oxygen atoms in total. The van der Waals surface area contributed by atoms with Crippen molar-refractivity contribution < 1.29 is 0 Å². The number of nitrogens with zero attached hydrogens (tertiary/aromatic N) is 2. The molecule has 0 radical (unpaired) electrons. The average molecular weight is 739 g/mol. The standard InChI is InChI=1S/C56H38N2/c1-3-16-39(17-4-1)43-23-14-27-49(36-43)58(54-31-15-30-53-56(54)50-28-11-12-29-52(50)57(53)48-25-5-2-6-26-48)55-38-45-21-10-9-20-44(45)37-51(55)47-24-13-22-42(35-47)46-33-32-40-18-7-8-19-41(40)34-46/h1-38H. The molecule has 0 N–H and O–H groups in total. The molecule has 0 unspecified atom stereocenters. The first-order chi connectivity index (χ1) is 28.8. The second kappa shape index (κ2) is 14.1. The molecule has 0 amide bonds. The van der Waals surface area contributed by atoms with Gasteiger partial charge in [-0.15, -0.1) is 0 Å². The Kier molecular flexibility index (Phi) is 8.19. The molecule has 1 heterocycles. The molecule has 0 atom stereocenters. The Hall–Kier alpha value is -7.68. The highest BCUT2D eigenvalue weighted by Crippen LogP contribution is 2.48. The van der Waals surface area contributed by atoms with Crippen LogP contribution in [0.2, 0.25) is 0 Å². The molecule has 1 aromatic heterocycles. The first-order valence-electron chi connectivity index (χ1n) is 19.9. The number of anilines is 3. The van der Waals surface area contributed by atoms with E-state index in [-0.39, 0.29) is 0 Å². The van der Waals surface area contributed by atoms with Gasteiger partial charge < -0.3 is 9.47 Å². The lowest BCUT2D eigenvalue weighted by molar-refractivity contribution is 1.18. The van der Waals surface area contributed by atoms with Gasteiger partial charge in [-0.1, -0.05) is 164 Å². The topological polar surface area (TPSA) is 8.17 Å². The second-order valence-corrected chi connectivity index (χ2v) is 15.0. The summed E-state index contributed by atoms with van der Waals surface area (Å²) in [6, 6.07) is 83.9. The quantitative estimate of drug-likeness (QED) is 0.158. The fourth-order valence-electron chi connectivity index (χ4n) is 8.78. The molecule has 0 saturated heterocycles. The lowest BCUT2D eigenvalue weighted by Gasteiger charge is -2.30. The lowest BCUT2D eigenvalue weighted by atomic mass is 9.93. The van der Waals surface area contributed by atoms with Crippen molar-refractivity contribution in [1.82, 2.24) is 4.57 Å². The van der Waals surface area contributed by atoms with Crippen LogP contribution in [0.25, 0.3) is 82.4 Å². The normalized spacial score (nSPS) is 11.4. The maximum Gasteiger partial charge on any atom is 0.0562 e. The van der Waals surface area contributed by atoms with E-state index >= 15 is 0 Å². The second-order valence-electron chi connectivity index (χ2n) is 15.0. The fraction of sp³-hybridized carbons (Fsp3) is 0. The zero-order valence-electron chi connectivity index (χ0n) is 31.8. The van der Waals surface area contributed by atoms with E-state index in [0.29, 0.717) is 0 Å². The predicted octanol–water partition coefficient (Wildman–Crippen LogP) is 15.6. The average Bonchev–Trinajstić information content (AvgIpc) is 3.64. The molecule has 2 heteroatoms. The van der Waals surface area contributed by atoms with Crippen molar-refractivity contribution in [2.45, 2.75) is 0 Å². The van der Waals surface area contributed by atoms with E-state index in [9.17, 15) is 0 Å². The summed E-state index contributed by atoms with van der Waals surface area (Å²) >= 11 is 0. The summed E-state index contributed by atoms with van der Waals surface area (Å²) in [5.41, 5.74) is 13.9. The third kappa shape index (κ3) is 5.82. The van der Waals surface area contributed by atoms with E-state index in [4.69, 9.17) is 0 Å². The van der Waals surface area contributed by atoms with Crippen LogP contribution in [0.1, 0.15) is 0 Å². The Balaban J connectivity index is 1.21. The van der Waals surface area contributed by atoms with Crippen LogP contribution in [-0.4, -0.2) is 4.57 Å². The molecule has 0 aliphatic rings. The van der Waals surface area contributed by atoms with Gasteiger partial charge in [-0.05, 0) is 116 Å². The number of hydrogen-bond donors (Lipinski definition) is 0. The number of rotatable bonds is 7. The lowest BCUT2D eigenvalue weighted by Crippen LogP contribution is -2.12. The van der Waals surface area contributed by atoms with Crippen LogP contribution in [0.4, 0.5) is 17.1 Å². The van der Waals surface area contributed by atoms with Crippen molar-refractivity contribution in [1.29, 1.82) is 0 Å². The minimum Gasteiger partial charge on any atom is -0.309 e. The van der Waals surface area contributed by atoms with Crippen LogP contribution >= 0.6 is 0 Å². The van der Waals surface area contributed by atoms with E-state index in [0.717, 1.165) is 39.4 Å². The maximum atomic E-state index is 2.50. The summed E-state index contributed by atoms with van der Waals surface area (Å²) < 4.78 is 2.40. The summed E-state index contributed by atoms with van der Waals surface area (Å²) in [7, 11) is 0. The third-order valence-corrected chi connectivity index (χ3v) is 11.5. The zero-order chi connectivity index (χ0) is 38.4. The van der Waals surface area contributed by atoms with Gasteiger partial charge >= 0.3 is 0 Å². The van der Waals surface area contributed by atoms with Crippen molar-refractivity contribution in [2.24, 2.45) is 0 Å². The largest absolute Gasteiger partial charge is 0.309 e. The molecule has 58 heavy (non-hydrogen) atoms. The Morgan fingerprint density at radius 2 is 0.879 bits per heavy atom. The Labute approximate surface area is 338 Å². The van der Waals surface area contributed by atoms with E-state index in [1.807, 2.05) is 0 Å². The van der Waals surface area contributed by atoms with Crippen molar-refractivity contribution in [3.63, 3.8) is 0 Å². The molecule has 272 valence electrons. The Morgan fingerprint density at radius 3 is 1.69 bits per heavy atom. The van der Waals surface area contributed by atoms with Crippen molar-refractivity contribution in [3.8, 4) is 39.1 Å². The van der Waals surface area contributed by atoms with Gasteiger partial charge in [-0.2, -0.15) is 0 Å². The highest BCUT2D eigenvalue weighted by Gasteiger charge is 2.24. The first kappa shape index (κ1) is 33.6. The van der Waals surface area contributed by atoms with Crippen LogP contribution in [0.5, 0.6) is 0 Å². The Morgan fingerprint density at radius 1 is 0.310 bits per heavy atom. The highest BCUT2D eigenvalue weighted by atomic mass is 15.2. The minimum absolute atomic E-state index is 1.09. The summed E-state index contributed by atoms with van der Waals surface area (Å²) in [6.07, 6.45) is 0. The monoisotopic (exact) mass is 738 g/mol. The van der Waals surface area contributed by atoms with Gasteiger partial charge in [0.25, 0.3) is 0 Å². The molecule has 10 aromatic carbocycles. The van der Waals surface area contributed by atoms with Gasteiger partial charge in [0.15, 0.2) is 0 Å². The van der Waals surface area contributed by atoms with Gasteiger partial charge in [0.05, 0.1) is 22.4 Å². The highest BCUT2D eigenvalue weighted by molar-refractivity contribution is 6.17. The van der Waals surface area contributed by atoms with Crippen molar-refractivity contribution >= 4 is 60.4 Å². The summed E-state index contributed by atoms with van der Waals surface area (Å²) in [5.74, 6) is 0. The van der Waals surface area contributed by atoms with Crippen LogP contribution in [-0.2, 0) is 0 Å². The van der Waals surface area contributed by atoms with Crippen LogP contribution in [0.3, 0.4) is 0 Å². The number of benzene rings is 10. The molecule has 0 aliphatic carbocycles. The van der Waals surface area contributed by atoms with Gasteiger partial charge in [-0.25, -0.2) is 0 Å². The smallest absolute Gasteiger partial charge is 0.0562 e.